The normalized spacial score (nSPS) is 20.5. The van der Waals surface area contributed by atoms with Crippen LogP contribution in [0.5, 0.6) is 0 Å². The first-order valence-corrected chi connectivity index (χ1v) is 5.61. The molecule has 98 valence electrons. The van der Waals surface area contributed by atoms with Crippen molar-refractivity contribution in [1.82, 2.24) is 10.2 Å². The van der Waals surface area contributed by atoms with Gasteiger partial charge in [-0.3, -0.25) is 0 Å². The van der Waals surface area contributed by atoms with Crippen LogP contribution in [0.1, 0.15) is 34.1 Å². The molecule has 0 aliphatic carbocycles. The minimum absolute atomic E-state index is 0.196. The molecule has 0 aromatic carbocycles. The highest BCUT2D eigenvalue weighted by Crippen LogP contribution is 2.30. The third kappa shape index (κ3) is 2.80. The van der Waals surface area contributed by atoms with Gasteiger partial charge in [-0.25, -0.2) is 14.5 Å². The summed E-state index contributed by atoms with van der Waals surface area (Å²) in [7, 11) is 0. The molecule has 0 fully saturated rings. The van der Waals surface area contributed by atoms with Crippen molar-refractivity contribution in [3.05, 3.63) is 11.3 Å². The molecule has 0 radical (unpaired) electrons. The Hall–Kier alpha value is -2.03. The molecule has 6 heteroatoms. The van der Waals surface area contributed by atoms with Gasteiger partial charge in [-0.05, 0) is 18.8 Å². The predicted molar refractivity (Wildman–Crippen MR) is 64.6 cm³/mol. The first-order chi connectivity index (χ1) is 8.17. The second-order valence-corrected chi connectivity index (χ2v) is 5.51. The van der Waals surface area contributed by atoms with Gasteiger partial charge in [-0.1, -0.05) is 20.8 Å². The first kappa shape index (κ1) is 14.0. The Morgan fingerprint density at radius 3 is 2.50 bits per heavy atom. The number of allylic oxidation sites excluding steroid dienone is 1. The van der Waals surface area contributed by atoms with Crippen LogP contribution in [-0.2, 0) is 0 Å². The Balaban J connectivity index is 3.24. The molecule has 0 aromatic rings. The Morgan fingerprint density at radius 2 is 2.11 bits per heavy atom. The van der Waals surface area contributed by atoms with E-state index in [9.17, 15) is 9.59 Å². The number of carboxylic acid groups (broad SMARTS) is 1. The summed E-state index contributed by atoms with van der Waals surface area (Å²) in [6, 6.07) is 0.570. The molecule has 0 saturated heterocycles. The Labute approximate surface area is 106 Å². The average Bonchev–Trinajstić information content (AvgIpc) is 2.13. The van der Waals surface area contributed by atoms with Gasteiger partial charge in [0, 0.05) is 5.70 Å². The van der Waals surface area contributed by atoms with Crippen molar-refractivity contribution >= 4 is 12.1 Å². The van der Waals surface area contributed by atoms with Crippen LogP contribution in [0, 0.1) is 16.7 Å². The largest absolute Gasteiger partial charge is 0.465 e. The molecule has 1 unspecified atom stereocenters. The first-order valence-electron chi connectivity index (χ1n) is 5.61. The fraction of sp³-hybridized carbons (Fsp3) is 0.583. The molecule has 1 rings (SSSR count). The van der Waals surface area contributed by atoms with Crippen LogP contribution in [-0.4, -0.2) is 28.2 Å². The average molecular weight is 251 g/mol. The molecule has 6 nitrogen and oxygen atoms in total. The number of hydrogen-bond donors (Lipinski definition) is 2. The number of nitrogens with one attached hydrogen (secondary N) is 1. The van der Waals surface area contributed by atoms with E-state index >= 15 is 0 Å². The zero-order valence-corrected chi connectivity index (χ0v) is 10.9. The second kappa shape index (κ2) is 4.69. The fourth-order valence-electron chi connectivity index (χ4n) is 1.96. The van der Waals surface area contributed by atoms with Crippen LogP contribution >= 0.6 is 0 Å². The highest BCUT2D eigenvalue weighted by atomic mass is 16.4. The van der Waals surface area contributed by atoms with Gasteiger partial charge in [0.25, 0.3) is 0 Å². The van der Waals surface area contributed by atoms with Gasteiger partial charge in [0.15, 0.2) is 0 Å². The maximum Gasteiger partial charge on any atom is 0.416 e. The molecule has 0 spiro atoms. The SMILES string of the molecule is CC1=C(C#N)C(CC(C)(C)C)N(C(=O)O)C(=O)N1. The number of rotatable bonds is 1. The molecule has 2 N–H and O–H groups in total. The number of nitriles is 1. The standard InChI is InChI=1S/C12H17N3O3/c1-7-8(6-13)9(5-12(2,3)4)15(11(17)18)10(16)14-7/h9H,5H2,1-4H3,(H,14,16)(H,17,18). The summed E-state index contributed by atoms with van der Waals surface area (Å²) in [5.41, 5.74) is 0.527. The number of carbonyl (C=O) groups excluding carboxylic acids is 1. The van der Waals surface area contributed by atoms with E-state index in [-0.39, 0.29) is 5.41 Å². The molecule has 1 heterocycles. The van der Waals surface area contributed by atoms with Crippen LogP contribution in [0.4, 0.5) is 9.59 Å². The summed E-state index contributed by atoms with van der Waals surface area (Å²) in [6.07, 6.45) is -0.936. The van der Waals surface area contributed by atoms with E-state index in [1.54, 1.807) is 6.92 Å². The van der Waals surface area contributed by atoms with Gasteiger partial charge >= 0.3 is 12.1 Å². The smallest absolute Gasteiger partial charge is 0.416 e. The lowest BCUT2D eigenvalue weighted by Gasteiger charge is -2.36. The number of urea groups is 1. The third-order valence-electron chi connectivity index (χ3n) is 2.69. The Morgan fingerprint density at radius 1 is 1.56 bits per heavy atom. The summed E-state index contributed by atoms with van der Waals surface area (Å²) < 4.78 is 0. The summed E-state index contributed by atoms with van der Waals surface area (Å²) in [5, 5.41) is 20.6. The zero-order chi connectivity index (χ0) is 14.1. The molecule has 0 saturated carbocycles. The molecule has 1 atom stereocenters. The zero-order valence-electron chi connectivity index (χ0n) is 10.9. The molecule has 1 aliphatic rings. The van der Waals surface area contributed by atoms with Crippen molar-refractivity contribution < 1.29 is 14.7 Å². The minimum Gasteiger partial charge on any atom is -0.465 e. The quantitative estimate of drug-likeness (QED) is 0.747. The Kier molecular flexibility index (Phi) is 3.65. The molecular formula is C12H17N3O3. The number of amides is 3. The monoisotopic (exact) mass is 251 g/mol. The van der Waals surface area contributed by atoms with Gasteiger partial charge in [-0.2, -0.15) is 5.26 Å². The van der Waals surface area contributed by atoms with E-state index in [2.05, 4.69) is 5.32 Å². The topological polar surface area (TPSA) is 93.4 Å². The van der Waals surface area contributed by atoms with Gasteiger partial charge in [0.1, 0.15) is 0 Å². The van der Waals surface area contributed by atoms with Crippen LogP contribution in [0.15, 0.2) is 11.3 Å². The lowest BCUT2D eigenvalue weighted by molar-refractivity contribution is 0.126. The van der Waals surface area contributed by atoms with Crippen LogP contribution in [0.2, 0.25) is 0 Å². The maximum atomic E-state index is 11.7. The van der Waals surface area contributed by atoms with Gasteiger partial charge in [0.05, 0.1) is 17.7 Å². The van der Waals surface area contributed by atoms with Crippen LogP contribution in [0.25, 0.3) is 0 Å². The van der Waals surface area contributed by atoms with Gasteiger partial charge in [-0.15, -0.1) is 0 Å². The number of carbonyl (C=O) groups is 2. The number of hydrogen-bond acceptors (Lipinski definition) is 3. The summed E-state index contributed by atoms with van der Waals surface area (Å²) in [4.78, 5) is 23.5. The van der Waals surface area contributed by atoms with Crippen molar-refractivity contribution in [2.45, 2.75) is 40.2 Å². The van der Waals surface area contributed by atoms with Crippen molar-refractivity contribution in [3.8, 4) is 6.07 Å². The highest BCUT2D eigenvalue weighted by molar-refractivity contribution is 5.93. The van der Waals surface area contributed by atoms with E-state index in [1.807, 2.05) is 26.8 Å². The van der Waals surface area contributed by atoms with Crippen LogP contribution < -0.4 is 5.32 Å². The van der Waals surface area contributed by atoms with E-state index in [0.717, 1.165) is 0 Å². The fourth-order valence-corrected chi connectivity index (χ4v) is 1.96. The van der Waals surface area contributed by atoms with Crippen molar-refractivity contribution in [2.75, 3.05) is 0 Å². The molecule has 18 heavy (non-hydrogen) atoms. The maximum absolute atomic E-state index is 11.7. The van der Waals surface area contributed by atoms with E-state index < -0.39 is 18.2 Å². The van der Waals surface area contributed by atoms with E-state index in [0.29, 0.717) is 22.6 Å². The lowest BCUT2D eigenvalue weighted by Crippen LogP contribution is -2.54. The number of nitrogens with zero attached hydrogens (tertiary/aromatic N) is 2. The van der Waals surface area contributed by atoms with Crippen molar-refractivity contribution in [2.24, 2.45) is 5.41 Å². The third-order valence-corrected chi connectivity index (χ3v) is 2.69. The molecule has 0 aromatic heterocycles. The lowest BCUT2D eigenvalue weighted by atomic mass is 9.84. The summed E-state index contributed by atoms with van der Waals surface area (Å²) in [5.74, 6) is 0. The van der Waals surface area contributed by atoms with Gasteiger partial charge < -0.3 is 10.4 Å². The minimum atomic E-state index is -1.35. The molecule has 3 amide bonds. The molecule has 1 aliphatic heterocycles. The summed E-state index contributed by atoms with van der Waals surface area (Å²) in [6.45, 7) is 7.41. The second-order valence-electron chi connectivity index (χ2n) is 5.51. The van der Waals surface area contributed by atoms with Crippen LogP contribution in [0.3, 0.4) is 0 Å². The van der Waals surface area contributed by atoms with Gasteiger partial charge in [0.2, 0.25) is 0 Å². The predicted octanol–water partition coefficient (Wildman–Crippen LogP) is 2.29. The summed E-state index contributed by atoms with van der Waals surface area (Å²) >= 11 is 0. The molecular weight excluding hydrogens is 234 g/mol. The number of imide groups is 1. The molecule has 0 bridgehead atoms. The van der Waals surface area contributed by atoms with Crippen molar-refractivity contribution in [1.29, 1.82) is 5.26 Å². The highest BCUT2D eigenvalue weighted by Gasteiger charge is 2.39. The van der Waals surface area contributed by atoms with Crippen molar-refractivity contribution in [3.63, 3.8) is 0 Å². The Bertz CT molecular complexity index is 454. The van der Waals surface area contributed by atoms with E-state index in [4.69, 9.17) is 10.4 Å². The van der Waals surface area contributed by atoms with E-state index in [1.165, 1.54) is 0 Å².